The van der Waals surface area contributed by atoms with E-state index in [1.807, 2.05) is 27.1 Å². The van der Waals surface area contributed by atoms with E-state index >= 15 is 0 Å². The highest BCUT2D eigenvalue weighted by atomic mass is 16.2. The van der Waals surface area contributed by atoms with Gasteiger partial charge in [-0.3, -0.25) is 9.48 Å². The van der Waals surface area contributed by atoms with E-state index in [9.17, 15) is 4.79 Å². The van der Waals surface area contributed by atoms with Gasteiger partial charge in [0.2, 0.25) is 5.91 Å². The molecule has 1 aliphatic heterocycles. The van der Waals surface area contributed by atoms with Crippen molar-refractivity contribution in [3.05, 3.63) is 11.9 Å². The van der Waals surface area contributed by atoms with E-state index in [1.165, 1.54) is 0 Å². The molecule has 1 aromatic rings. The SMILES string of the molecule is Cc1nn(C)cc1NC(=O)C1(C)CCCNC1. The van der Waals surface area contributed by atoms with Crippen molar-refractivity contribution in [2.45, 2.75) is 26.7 Å². The molecule has 17 heavy (non-hydrogen) atoms. The molecule has 2 rings (SSSR count). The highest BCUT2D eigenvalue weighted by Gasteiger charge is 2.34. The summed E-state index contributed by atoms with van der Waals surface area (Å²) in [6, 6.07) is 0. The third-order valence-corrected chi connectivity index (χ3v) is 3.41. The normalized spacial score (nSPS) is 24.6. The summed E-state index contributed by atoms with van der Waals surface area (Å²) in [7, 11) is 1.85. The molecule has 1 amide bonds. The minimum atomic E-state index is -0.305. The molecule has 0 aromatic carbocycles. The quantitative estimate of drug-likeness (QED) is 0.807. The number of nitrogens with zero attached hydrogens (tertiary/aromatic N) is 2. The molecule has 1 aromatic heterocycles. The minimum Gasteiger partial charge on any atom is -0.323 e. The van der Waals surface area contributed by atoms with Crippen LogP contribution in [0.5, 0.6) is 0 Å². The van der Waals surface area contributed by atoms with Crippen LogP contribution >= 0.6 is 0 Å². The number of carbonyl (C=O) groups is 1. The van der Waals surface area contributed by atoms with Gasteiger partial charge >= 0.3 is 0 Å². The zero-order chi connectivity index (χ0) is 12.5. The molecule has 0 bridgehead atoms. The van der Waals surface area contributed by atoms with Gasteiger partial charge < -0.3 is 10.6 Å². The van der Waals surface area contributed by atoms with Crippen molar-refractivity contribution in [2.75, 3.05) is 18.4 Å². The Hall–Kier alpha value is -1.36. The molecule has 1 unspecified atom stereocenters. The molecule has 1 fully saturated rings. The highest BCUT2D eigenvalue weighted by molar-refractivity contribution is 5.95. The summed E-state index contributed by atoms with van der Waals surface area (Å²) >= 11 is 0. The number of aryl methyl sites for hydroxylation is 2. The van der Waals surface area contributed by atoms with E-state index in [0.29, 0.717) is 0 Å². The van der Waals surface area contributed by atoms with Gasteiger partial charge in [-0.15, -0.1) is 0 Å². The molecular weight excluding hydrogens is 216 g/mol. The number of hydrogen-bond acceptors (Lipinski definition) is 3. The molecule has 0 spiro atoms. The summed E-state index contributed by atoms with van der Waals surface area (Å²) in [5.41, 5.74) is 1.36. The van der Waals surface area contributed by atoms with Crippen molar-refractivity contribution in [3.8, 4) is 0 Å². The van der Waals surface area contributed by atoms with E-state index in [4.69, 9.17) is 0 Å². The lowest BCUT2D eigenvalue weighted by Gasteiger charge is -2.32. The van der Waals surface area contributed by atoms with Gasteiger partial charge in [-0.2, -0.15) is 5.10 Å². The Morgan fingerprint density at radius 1 is 1.65 bits per heavy atom. The average Bonchev–Trinajstić information content (AvgIpc) is 2.58. The summed E-state index contributed by atoms with van der Waals surface area (Å²) < 4.78 is 1.71. The lowest BCUT2D eigenvalue weighted by Crippen LogP contribution is -2.46. The summed E-state index contributed by atoms with van der Waals surface area (Å²) in [6.07, 6.45) is 3.83. The monoisotopic (exact) mass is 236 g/mol. The second kappa shape index (κ2) is 4.49. The van der Waals surface area contributed by atoms with Crippen LogP contribution in [0.2, 0.25) is 0 Å². The Morgan fingerprint density at radius 3 is 2.94 bits per heavy atom. The largest absolute Gasteiger partial charge is 0.323 e. The van der Waals surface area contributed by atoms with E-state index in [2.05, 4.69) is 15.7 Å². The van der Waals surface area contributed by atoms with Gasteiger partial charge in [-0.25, -0.2) is 0 Å². The Kier molecular flexibility index (Phi) is 3.19. The number of aromatic nitrogens is 2. The van der Waals surface area contributed by atoms with Gasteiger partial charge in [0.15, 0.2) is 0 Å². The standard InChI is InChI=1S/C12H20N4O/c1-9-10(7-16(3)15-9)14-11(17)12(2)5-4-6-13-8-12/h7,13H,4-6,8H2,1-3H3,(H,14,17). The molecular formula is C12H20N4O. The second-order valence-corrected chi connectivity index (χ2v) is 5.10. The van der Waals surface area contributed by atoms with Gasteiger partial charge in [0, 0.05) is 19.8 Å². The summed E-state index contributed by atoms with van der Waals surface area (Å²) in [5, 5.41) is 10.5. The van der Waals surface area contributed by atoms with E-state index in [1.54, 1.807) is 4.68 Å². The van der Waals surface area contributed by atoms with Crippen LogP contribution in [0.3, 0.4) is 0 Å². The predicted molar refractivity (Wildman–Crippen MR) is 66.8 cm³/mol. The van der Waals surface area contributed by atoms with Crippen LogP contribution in [0, 0.1) is 12.3 Å². The smallest absolute Gasteiger partial charge is 0.231 e. The Morgan fingerprint density at radius 2 is 2.41 bits per heavy atom. The van der Waals surface area contributed by atoms with Gasteiger partial charge in [0.25, 0.3) is 0 Å². The summed E-state index contributed by atoms with van der Waals surface area (Å²) in [5.74, 6) is 0.0841. The maximum atomic E-state index is 12.3. The lowest BCUT2D eigenvalue weighted by atomic mass is 9.82. The number of nitrogens with one attached hydrogen (secondary N) is 2. The summed E-state index contributed by atoms with van der Waals surface area (Å²) in [6.45, 7) is 5.67. The van der Waals surface area contributed by atoms with Crippen molar-refractivity contribution in [2.24, 2.45) is 12.5 Å². The van der Waals surface area contributed by atoms with Crippen LogP contribution in [-0.4, -0.2) is 28.8 Å². The van der Waals surface area contributed by atoms with E-state index < -0.39 is 0 Å². The molecule has 2 N–H and O–H groups in total. The predicted octanol–water partition coefficient (Wildman–Crippen LogP) is 1.06. The first kappa shape index (κ1) is 12.1. The third-order valence-electron chi connectivity index (χ3n) is 3.41. The number of hydrogen-bond donors (Lipinski definition) is 2. The van der Waals surface area contributed by atoms with Crippen molar-refractivity contribution < 1.29 is 4.79 Å². The van der Waals surface area contributed by atoms with Gasteiger partial charge in [-0.1, -0.05) is 0 Å². The Labute approximate surface area is 102 Å². The number of piperidine rings is 1. The van der Waals surface area contributed by atoms with Gasteiger partial charge in [-0.05, 0) is 33.2 Å². The second-order valence-electron chi connectivity index (χ2n) is 5.10. The fraction of sp³-hybridized carbons (Fsp3) is 0.667. The highest BCUT2D eigenvalue weighted by Crippen LogP contribution is 2.27. The maximum Gasteiger partial charge on any atom is 0.231 e. The zero-order valence-corrected chi connectivity index (χ0v) is 10.7. The number of carbonyl (C=O) groups excluding carboxylic acids is 1. The fourth-order valence-corrected chi connectivity index (χ4v) is 2.25. The molecule has 0 aliphatic carbocycles. The van der Waals surface area contributed by atoms with Crippen molar-refractivity contribution in [1.29, 1.82) is 0 Å². The van der Waals surface area contributed by atoms with Crippen molar-refractivity contribution in [3.63, 3.8) is 0 Å². The van der Waals surface area contributed by atoms with Gasteiger partial charge in [0.1, 0.15) is 0 Å². The Balaban J connectivity index is 2.08. The van der Waals surface area contributed by atoms with Crippen molar-refractivity contribution >= 4 is 11.6 Å². The van der Waals surface area contributed by atoms with Crippen LogP contribution in [0.25, 0.3) is 0 Å². The molecule has 94 valence electrons. The molecule has 5 heteroatoms. The van der Waals surface area contributed by atoms with Gasteiger partial charge in [0.05, 0.1) is 16.8 Å². The number of rotatable bonds is 2. The molecule has 1 saturated heterocycles. The number of amides is 1. The third kappa shape index (κ3) is 2.49. The molecule has 5 nitrogen and oxygen atoms in total. The van der Waals surface area contributed by atoms with Crippen LogP contribution in [0.15, 0.2) is 6.20 Å². The van der Waals surface area contributed by atoms with Crippen LogP contribution in [-0.2, 0) is 11.8 Å². The van der Waals surface area contributed by atoms with E-state index in [0.717, 1.165) is 37.3 Å². The van der Waals surface area contributed by atoms with Crippen molar-refractivity contribution in [1.82, 2.24) is 15.1 Å². The lowest BCUT2D eigenvalue weighted by molar-refractivity contribution is -0.125. The maximum absolute atomic E-state index is 12.3. The topological polar surface area (TPSA) is 59.0 Å². The fourth-order valence-electron chi connectivity index (χ4n) is 2.25. The molecule has 0 radical (unpaired) electrons. The van der Waals surface area contributed by atoms with Crippen LogP contribution < -0.4 is 10.6 Å². The van der Waals surface area contributed by atoms with Crippen LogP contribution in [0.1, 0.15) is 25.5 Å². The van der Waals surface area contributed by atoms with Crippen LogP contribution in [0.4, 0.5) is 5.69 Å². The first-order chi connectivity index (χ1) is 8.01. The molecule has 1 aliphatic rings. The van der Waals surface area contributed by atoms with E-state index in [-0.39, 0.29) is 11.3 Å². The molecule has 1 atom stereocenters. The summed E-state index contributed by atoms with van der Waals surface area (Å²) in [4.78, 5) is 12.3. The molecule has 0 saturated carbocycles. The first-order valence-electron chi connectivity index (χ1n) is 6.04. The minimum absolute atomic E-state index is 0.0841. The Bertz CT molecular complexity index is 418. The first-order valence-corrected chi connectivity index (χ1v) is 6.04. The number of anilines is 1. The molecule has 2 heterocycles. The zero-order valence-electron chi connectivity index (χ0n) is 10.7. The average molecular weight is 236 g/mol.